The summed E-state index contributed by atoms with van der Waals surface area (Å²) in [6.07, 6.45) is 4.25. The average molecular weight is 257 g/mol. The molecule has 1 N–H and O–H groups in total. The van der Waals surface area contributed by atoms with E-state index < -0.39 is 0 Å². The number of hydrogen-bond donors (Lipinski definition) is 1. The van der Waals surface area contributed by atoms with Gasteiger partial charge in [0.15, 0.2) is 0 Å². The normalized spacial score (nSPS) is 12.6. The second-order valence-corrected chi connectivity index (χ2v) is 5.07. The van der Waals surface area contributed by atoms with Crippen molar-refractivity contribution in [2.45, 2.75) is 32.7 Å². The number of benzene rings is 1. The molecule has 102 valence electrons. The monoisotopic (exact) mass is 257 g/mol. The van der Waals surface area contributed by atoms with Gasteiger partial charge in [-0.3, -0.25) is 4.68 Å². The van der Waals surface area contributed by atoms with Gasteiger partial charge in [0.05, 0.1) is 6.20 Å². The summed E-state index contributed by atoms with van der Waals surface area (Å²) in [7, 11) is 1.99. The lowest BCUT2D eigenvalue weighted by molar-refractivity contribution is 0.555. The fourth-order valence-corrected chi connectivity index (χ4v) is 2.31. The minimum Gasteiger partial charge on any atom is -0.310 e. The Kier molecular flexibility index (Phi) is 4.74. The quantitative estimate of drug-likeness (QED) is 0.806. The predicted octanol–water partition coefficient (Wildman–Crippen LogP) is 3.01. The van der Waals surface area contributed by atoms with E-state index in [1.54, 1.807) is 0 Å². The van der Waals surface area contributed by atoms with Gasteiger partial charge >= 0.3 is 0 Å². The van der Waals surface area contributed by atoms with E-state index in [1.165, 1.54) is 16.8 Å². The van der Waals surface area contributed by atoms with Crippen LogP contribution in [0.3, 0.4) is 0 Å². The van der Waals surface area contributed by atoms with Crippen molar-refractivity contribution in [1.29, 1.82) is 0 Å². The minimum absolute atomic E-state index is 0.365. The zero-order valence-corrected chi connectivity index (χ0v) is 12.1. The molecule has 1 aromatic heterocycles. The van der Waals surface area contributed by atoms with Gasteiger partial charge in [-0.2, -0.15) is 5.10 Å². The molecule has 3 heteroatoms. The highest BCUT2D eigenvalue weighted by Gasteiger charge is 2.10. The van der Waals surface area contributed by atoms with Crippen LogP contribution < -0.4 is 5.32 Å². The van der Waals surface area contributed by atoms with Crippen LogP contribution in [-0.2, 0) is 13.5 Å². The predicted molar refractivity (Wildman–Crippen MR) is 79.1 cm³/mol. The summed E-state index contributed by atoms with van der Waals surface area (Å²) in [5.74, 6) is 0. The molecule has 0 aliphatic carbocycles. The maximum atomic E-state index is 4.29. The molecule has 0 spiro atoms. The maximum absolute atomic E-state index is 4.29. The molecule has 1 heterocycles. The first-order valence-corrected chi connectivity index (χ1v) is 6.94. The number of nitrogens with one attached hydrogen (secondary N) is 1. The molecule has 19 heavy (non-hydrogen) atoms. The van der Waals surface area contributed by atoms with Gasteiger partial charge in [0.25, 0.3) is 0 Å². The van der Waals surface area contributed by atoms with Gasteiger partial charge in [0, 0.05) is 24.3 Å². The van der Waals surface area contributed by atoms with Crippen LogP contribution in [0.4, 0.5) is 0 Å². The Morgan fingerprint density at radius 1 is 1.26 bits per heavy atom. The molecule has 0 aliphatic heterocycles. The molecule has 0 fully saturated rings. The van der Waals surface area contributed by atoms with E-state index in [1.807, 2.05) is 17.9 Å². The van der Waals surface area contributed by atoms with Crippen molar-refractivity contribution in [3.8, 4) is 0 Å². The van der Waals surface area contributed by atoms with Gasteiger partial charge in [-0.05, 0) is 38.8 Å². The molecule has 0 radical (unpaired) electrons. The smallest absolute Gasteiger partial charge is 0.0540 e. The third-order valence-corrected chi connectivity index (χ3v) is 3.68. The number of nitrogens with zero attached hydrogens (tertiary/aromatic N) is 2. The van der Waals surface area contributed by atoms with Crippen LogP contribution in [0.15, 0.2) is 36.5 Å². The fourth-order valence-electron chi connectivity index (χ4n) is 2.31. The summed E-state index contributed by atoms with van der Waals surface area (Å²) < 4.78 is 1.93. The van der Waals surface area contributed by atoms with Crippen molar-refractivity contribution >= 4 is 0 Å². The lowest BCUT2D eigenvalue weighted by Crippen LogP contribution is -2.20. The van der Waals surface area contributed by atoms with E-state index in [0.717, 1.165) is 19.4 Å². The van der Waals surface area contributed by atoms with Gasteiger partial charge in [-0.25, -0.2) is 0 Å². The van der Waals surface area contributed by atoms with E-state index >= 15 is 0 Å². The lowest BCUT2D eigenvalue weighted by Gasteiger charge is -2.13. The van der Waals surface area contributed by atoms with E-state index in [4.69, 9.17) is 0 Å². The summed E-state index contributed by atoms with van der Waals surface area (Å²) in [5, 5.41) is 7.86. The molecule has 0 amide bonds. The fraction of sp³-hybridized carbons (Fsp3) is 0.438. The van der Waals surface area contributed by atoms with Crippen molar-refractivity contribution < 1.29 is 0 Å². The van der Waals surface area contributed by atoms with E-state index in [2.05, 4.69) is 54.6 Å². The summed E-state index contributed by atoms with van der Waals surface area (Å²) >= 11 is 0. The first-order chi connectivity index (χ1) is 9.18. The number of aryl methyl sites for hydroxylation is 2. The topological polar surface area (TPSA) is 29.9 Å². The Morgan fingerprint density at radius 3 is 2.63 bits per heavy atom. The highest BCUT2D eigenvalue weighted by molar-refractivity contribution is 5.19. The van der Waals surface area contributed by atoms with Gasteiger partial charge < -0.3 is 5.32 Å². The molecule has 1 atom stereocenters. The minimum atomic E-state index is 0.365. The van der Waals surface area contributed by atoms with Crippen molar-refractivity contribution in [3.05, 3.63) is 53.3 Å². The Morgan fingerprint density at radius 2 is 2.00 bits per heavy atom. The number of hydrogen-bond acceptors (Lipinski definition) is 2. The van der Waals surface area contributed by atoms with Crippen molar-refractivity contribution in [1.82, 2.24) is 15.1 Å². The zero-order valence-electron chi connectivity index (χ0n) is 12.1. The second-order valence-electron chi connectivity index (χ2n) is 5.07. The van der Waals surface area contributed by atoms with E-state index in [-0.39, 0.29) is 0 Å². The highest BCUT2D eigenvalue weighted by atomic mass is 15.3. The molecule has 1 aromatic carbocycles. The molecule has 0 saturated heterocycles. The van der Waals surface area contributed by atoms with Crippen molar-refractivity contribution in [2.75, 3.05) is 6.54 Å². The Balaban J connectivity index is 1.75. The molecule has 1 unspecified atom stereocenters. The van der Waals surface area contributed by atoms with Crippen LogP contribution in [0.1, 0.15) is 36.2 Å². The summed E-state index contributed by atoms with van der Waals surface area (Å²) in [5.41, 5.74) is 3.94. The van der Waals surface area contributed by atoms with Crippen LogP contribution in [-0.4, -0.2) is 16.3 Å². The molecule has 0 bridgehead atoms. The Labute approximate surface area is 115 Å². The first-order valence-electron chi connectivity index (χ1n) is 6.94. The van der Waals surface area contributed by atoms with Crippen LogP contribution in [0, 0.1) is 6.92 Å². The highest BCUT2D eigenvalue weighted by Crippen LogP contribution is 2.15. The van der Waals surface area contributed by atoms with E-state index in [0.29, 0.717) is 6.04 Å². The SMILES string of the molecule is Cc1c(C(C)NCCCc2ccccc2)cnn1C. The third-order valence-electron chi connectivity index (χ3n) is 3.68. The van der Waals surface area contributed by atoms with Gasteiger partial charge in [-0.1, -0.05) is 30.3 Å². The zero-order chi connectivity index (χ0) is 13.7. The molecule has 0 saturated carbocycles. The molecular formula is C16H23N3. The van der Waals surface area contributed by atoms with Crippen LogP contribution in [0.25, 0.3) is 0 Å². The van der Waals surface area contributed by atoms with Crippen LogP contribution >= 0.6 is 0 Å². The summed E-state index contributed by atoms with van der Waals surface area (Å²) in [6, 6.07) is 11.0. The molecule has 0 aliphatic rings. The average Bonchev–Trinajstić information content (AvgIpc) is 2.76. The van der Waals surface area contributed by atoms with Gasteiger partial charge in [0.1, 0.15) is 0 Å². The largest absolute Gasteiger partial charge is 0.310 e. The van der Waals surface area contributed by atoms with Crippen molar-refractivity contribution in [3.63, 3.8) is 0 Å². The summed E-state index contributed by atoms with van der Waals surface area (Å²) in [4.78, 5) is 0. The van der Waals surface area contributed by atoms with Crippen LogP contribution in [0.5, 0.6) is 0 Å². The number of aromatic nitrogens is 2. The Bertz CT molecular complexity index is 502. The molecule has 2 rings (SSSR count). The molecule has 3 nitrogen and oxygen atoms in total. The first kappa shape index (κ1) is 13.8. The van der Waals surface area contributed by atoms with Crippen molar-refractivity contribution in [2.24, 2.45) is 7.05 Å². The van der Waals surface area contributed by atoms with Gasteiger partial charge in [-0.15, -0.1) is 0 Å². The summed E-state index contributed by atoms with van der Waals surface area (Å²) in [6.45, 7) is 5.35. The Hall–Kier alpha value is -1.61. The second kappa shape index (κ2) is 6.53. The third kappa shape index (κ3) is 3.67. The van der Waals surface area contributed by atoms with Gasteiger partial charge in [0.2, 0.25) is 0 Å². The molecule has 2 aromatic rings. The van der Waals surface area contributed by atoms with Crippen LogP contribution in [0.2, 0.25) is 0 Å². The number of rotatable bonds is 6. The maximum Gasteiger partial charge on any atom is 0.0540 e. The molecular weight excluding hydrogens is 234 g/mol. The standard InChI is InChI=1S/C16H23N3/c1-13(16-12-18-19(3)14(16)2)17-11-7-10-15-8-5-4-6-9-15/h4-6,8-9,12-13,17H,7,10-11H2,1-3H3. The lowest BCUT2D eigenvalue weighted by atomic mass is 10.1. The van der Waals surface area contributed by atoms with E-state index in [9.17, 15) is 0 Å².